The topological polar surface area (TPSA) is 92.9 Å². The number of aromatic carboxylic acids is 1. The second-order valence-corrected chi connectivity index (χ2v) is 14.6. The second-order valence-electron chi connectivity index (χ2n) is 14.6. The largest absolute Gasteiger partial charge is 0.489 e. The first-order chi connectivity index (χ1) is 23.6. The number of carbonyl (C=O) groups is 2. The van der Waals surface area contributed by atoms with E-state index in [0.29, 0.717) is 35.4 Å². The van der Waals surface area contributed by atoms with Crippen LogP contribution in [0.2, 0.25) is 0 Å². The molecule has 3 aromatic carbocycles. The number of unbranched alkanes of at least 4 members (excludes halogenated alkanes) is 4. The van der Waals surface area contributed by atoms with Crippen molar-refractivity contribution >= 4 is 11.9 Å². The van der Waals surface area contributed by atoms with E-state index in [0.717, 1.165) is 61.5 Å². The minimum atomic E-state index is -0.999. The van der Waals surface area contributed by atoms with E-state index in [4.69, 9.17) is 10.5 Å². The average Bonchev–Trinajstić information content (AvgIpc) is 3.06. The summed E-state index contributed by atoms with van der Waals surface area (Å²) in [6.07, 6.45) is 14.6. The number of halogens is 2. The van der Waals surface area contributed by atoms with Gasteiger partial charge in [0.25, 0.3) is 0 Å². The van der Waals surface area contributed by atoms with Crippen molar-refractivity contribution in [3.8, 4) is 5.75 Å². The highest BCUT2D eigenvalue weighted by Crippen LogP contribution is 2.54. The van der Waals surface area contributed by atoms with Crippen LogP contribution in [0, 0.1) is 29.4 Å². The molecule has 264 valence electrons. The molecule has 3 aromatic rings. The van der Waals surface area contributed by atoms with Gasteiger partial charge in [0, 0.05) is 42.2 Å². The Hall–Kier alpha value is -3.78. The lowest BCUT2D eigenvalue weighted by Crippen LogP contribution is -2.55. The summed E-state index contributed by atoms with van der Waals surface area (Å²) in [6.45, 7) is 2.92. The number of carboxylic acid groups (broad SMARTS) is 1. The third kappa shape index (κ3) is 10.6. The van der Waals surface area contributed by atoms with E-state index in [2.05, 4.69) is 6.92 Å². The van der Waals surface area contributed by atoms with Gasteiger partial charge in [0.1, 0.15) is 24.0 Å². The van der Waals surface area contributed by atoms with Crippen molar-refractivity contribution in [3.05, 3.63) is 101 Å². The molecule has 4 aliphatic carbocycles. The SMILES string of the molecule is CCCCCCCN(Cc1ccc(F)cc1F)C(=O)CCc1ccc(OCc2ccccc2C(=O)O)cc1.NC12CC3CC(CC(C3)C1)C2. The van der Waals surface area contributed by atoms with Gasteiger partial charge in [-0.3, -0.25) is 4.79 Å². The van der Waals surface area contributed by atoms with Gasteiger partial charge in [0.15, 0.2) is 0 Å². The quantitative estimate of drug-likeness (QED) is 0.157. The molecule has 0 spiro atoms. The first kappa shape index (κ1) is 36.5. The lowest BCUT2D eigenvalue weighted by molar-refractivity contribution is -0.131. The van der Waals surface area contributed by atoms with Crippen LogP contribution in [0.15, 0.2) is 66.7 Å². The summed E-state index contributed by atoms with van der Waals surface area (Å²) in [5, 5.41) is 9.31. The van der Waals surface area contributed by atoms with Crippen LogP contribution in [0.4, 0.5) is 8.78 Å². The number of amides is 1. The van der Waals surface area contributed by atoms with Crippen molar-refractivity contribution in [1.29, 1.82) is 0 Å². The molecule has 4 aliphatic rings. The van der Waals surface area contributed by atoms with Crippen LogP contribution in [0.3, 0.4) is 0 Å². The minimum absolute atomic E-state index is 0.0742. The van der Waals surface area contributed by atoms with E-state index in [1.165, 1.54) is 50.7 Å². The van der Waals surface area contributed by atoms with Crippen LogP contribution in [0.5, 0.6) is 5.75 Å². The zero-order chi connectivity index (χ0) is 34.8. The van der Waals surface area contributed by atoms with E-state index in [1.807, 2.05) is 12.1 Å². The van der Waals surface area contributed by atoms with Gasteiger partial charge in [0.2, 0.25) is 5.91 Å². The van der Waals surface area contributed by atoms with Crippen molar-refractivity contribution in [2.45, 2.75) is 109 Å². The molecular formula is C41H52F2N2O4. The Morgan fingerprint density at radius 2 is 1.53 bits per heavy atom. The Balaban J connectivity index is 0.000000351. The Labute approximate surface area is 290 Å². The molecule has 7 rings (SSSR count). The van der Waals surface area contributed by atoms with Gasteiger partial charge in [-0.05, 0) is 98.9 Å². The molecule has 1 amide bonds. The lowest BCUT2D eigenvalue weighted by Gasteiger charge is -2.55. The molecule has 4 saturated carbocycles. The summed E-state index contributed by atoms with van der Waals surface area (Å²) >= 11 is 0. The van der Waals surface area contributed by atoms with E-state index in [-0.39, 0.29) is 31.0 Å². The number of hydrogen-bond acceptors (Lipinski definition) is 4. The summed E-state index contributed by atoms with van der Waals surface area (Å²) in [4.78, 5) is 26.1. The van der Waals surface area contributed by atoms with E-state index in [9.17, 15) is 23.5 Å². The lowest BCUT2D eigenvalue weighted by atomic mass is 9.53. The second kappa shape index (κ2) is 17.2. The monoisotopic (exact) mass is 674 g/mol. The third-order valence-electron chi connectivity index (χ3n) is 10.5. The van der Waals surface area contributed by atoms with E-state index < -0.39 is 17.6 Å². The number of benzene rings is 3. The molecule has 0 unspecified atom stereocenters. The van der Waals surface area contributed by atoms with Crippen molar-refractivity contribution in [2.24, 2.45) is 23.5 Å². The summed E-state index contributed by atoms with van der Waals surface area (Å²) in [5.41, 5.74) is 8.67. The van der Waals surface area contributed by atoms with Crippen LogP contribution in [0.25, 0.3) is 0 Å². The molecular weight excluding hydrogens is 622 g/mol. The predicted molar refractivity (Wildman–Crippen MR) is 188 cm³/mol. The predicted octanol–water partition coefficient (Wildman–Crippen LogP) is 9.09. The Bertz CT molecular complexity index is 1510. The summed E-state index contributed by atoms with van der Waals surface area (Å²) in [6, 6.07) is 17.5. The van der Waals surface area contributed by atoms with Crippen LogP contribution in [0.1, 0.15) is 111 Å². The molecule has 3 N–H and O–H groups in total. The summed E-state index contributed by atoms with van der Waals surface area (Å²) in [5.74, 6) is 1.30. The van der Waals surface area contributed by atoms with Crippen molar-refractivity contribution in [2.75, 3.05) is 6.54 Å². The minimum Gasteiger partial charge on any atom is -0.489 e. The number of ether oxygens (including phenoxy) is 1. The number of hydrogen-bond donors (Lipinski definition) is 2. The van der Waals surface area contributed by atoms with Crippen molar-refractivity contribution < 1.29 is 28.2 Å². The first-order valence-corrected chi connectivity index (χ1v) is 18.1. The smallest absolute Gasteiger partial charge is 0.336 e. The van der Waals surface area contributed by atoms with Crippen LogP contribution in [-0.4, -0.2) is 34.0 Å². The zero-order valence-electron chi connectivity index (χ0n) is 28.8. The first-order valence-electron chi connectivity index (χ1n) is 18.1. The summed E-state index contributed by atoms with van der Waals surface area (Å²) in [7, 11) is 0. The normalized spacial score (nSPS) is 21.9. The number of carbonyl (C=O) groups excluding carboxylic acids is 1. The summed E-state index contributed by atoms with van der Waals surface area (Å²) < 4.78 is 33.4. The van der Waals surface area contributed by atoms with Gasteiger partial charge in [0.05, 0.1) is 5.56 Å². The van der Waals surface area contributed by atoms with Gasteiger partial charge >= 0.3 is 5.97 Å². The molecule has 0 aromatic heterocycles. The molecule has 4 bridgehead atoms. The maximum Gasteiger partial charge on any atom is 0.336 e. The average molecular weight is 675 g/mol. The Morgan fingerprint density at radius 3 is 2.14 bits per heavy atom. The fourth-order valence-corrected chi connectivity index (χ4v) is 8.41. The zero-order valence-corrected chi connectivity index (χ0v) is 28.8. The van der Waals surface area contributed by atoms with Crippen LogP contribution < -0.4 is 10.5 Å². The molecule has 8 heteroatoms. The molecule has 0 heterocycles. The fraction of sp³-hybridized carbons (Fsp3) is 0.512. The van der Waals surface area contributed by atoms with E-state index in [1.54, 1.807) is 41.3 Å². The third-order valence-corrected chi connectivity index (χ3v) is 10.5. The molecule has 4 fully saturated rings. The Kier molecular flexibility index (Phi) is 12.8. The Morgan fingerprint density at radius 1 is 0.878 bits per heavy atom. The number of nitrogens with two attached hydrogens (primary N) is 1. The molecule has 0 saturated heterocycles. The van der Waals surface area contributed by atoms with Crippen molar-refractivity contribution in [3.63, 3.8) is 0 Å². The van der Waals surface area contributed by atoms with Crippen molar-refractivity contribution in [1.82, 2.24) is 4.90 Å². The highest BCUT2D eigenvalue weighted by atomic mass is 19.1. The molecule has 0 aliphatic heterocycles. The van der Waals surface area contributed by atoms with Gasteiger partial charge in [-0.15, -0.1) is 0 Å². The number of rotatable bonds is 15. The molecule has 0 atom stereocenters. The van der Waals surface area contributed by atoms with Gasteiger partial charge in [-0.1, -0.05) is 69.0 Å². The van der Waals surface area contributed by atoms with Gasteiger partial charge in [-0.2, -0.15) is 0 Å². The number of aryl methyl sites for hydroxylation is 1. The molecule has 49 heavy (non-hydrogen) atoms. The number of nitrogens with zero attached hydrogens (tertiary/aromatic N) is 1. The standard InChI is InChI=1S/C31H35F2NO4.C10H17N/c1-2-3-4-5-8-19-34(21-24-14-15-26(32)20-29(24)33)30(35)18-13-23-11-16-27(17-12-23)38-22-25-9-6-7-10-28(25)31(36)37;11-10-4-7-1-8(5-10)3-9(2-7)6-10/h6-7,9-12,14-17,20H,2-5,8,13,18-19,21-22H2,1H3,(H,36,37);7-9H,1-6,11H2. The van der Waals surface area contributed by atoms with Gasteiger partial charge in [-0.25, -0.2) is 13.6 Å². The van der Waals surface area contributed by atoms with Crippen LogP contribution in [-0.2, 0) is 24.4 Å². The molecule has 0 radical (unpaired) electrons. The highest BCUT2D eigenvalue weighted by molar-refractivity contribution is 5.89. The fourth-order valence-electron chi connectivity index (χ4n) is 8.41. The number of carboxylic acids is 1. The van der Waals surface area contributed by atoms with Gasteiger partial charge < -0.3 is 20.5 Å². The maximum absolute atomic E-state index is 14.3. The van der Waals surface area contributed by atoms with E-state index >= 15 is 0 Å². The van der Waals surface area contributed by atoms with Crippen LogP contribution >= 0.6 is 0 Å². The molecule has 6 nitrogen and oxygen atoms in total. The maximum atomic E-state index is 14.3. The highest BCUT2D eigenvalue weighted by Gasteiger charge is 2.48.